The Labute approximate surface area is 245 Å². The van der Waals surface area contributed by atoms with Crippen LogP contribution in [0.25, 0.3) is 11.1 Å². The third kappa shape index (κ3) is 6.17. The van der Waals surface area contributed by atoms with E-state index in [1.807, 2.05) is 0 Å². The lowest BCUT2D eigenvalue weighted by Gasteiger charge is -2.28. The Kier molecular flexibility index (Phi) is 8.14. The van der Waals surface area contributed by atoms with E-state index in [-0.39, 0.29) is 36.8 Å². The molecule has 228 valence electrons. The number of carbonyl (C=O) groups is 2. The summed E-state index contributed by atoms with van der Waals surface area (Å²) in [5.74, 6) is -1.82. The van der Waals surface area contributed by atoms with Crippen LogP contribution in [0.3, 0.4) is 0 Å². The monoisotopic (exact) mass is 627 g/mol. The number of halogens is 7. The van der Waals surface area contributed by atoms with Gasteiger partial charge in [-0.05, 0) is 84.0 Å². The average Bonchev–Trinajstić information content (AvgIpc) is 3.51. The third-order valence-corrected chi connectivity index (χ3v) is 8.97. The Bertz CT molecular complexity index is 1570. The molecule has 0 bridgehead atoms. The summed E-state index contributed by atoms with van der Waals surface area (Å²) in [6, 6.07) is 8.57. The molecule has 13 heteroatoms. The van der Waals surface area contributed by atoms with E-state index in [0.717, 1.165) is 36.0 Å². The maximum atomic E-state index is 14.2. The molecule has 0 spiro atoms. The Morgan fingerprint density at radius 2 is 1.67 bits per heavy atom. The van der Waals surface area contributed by atoms with Crippen LogP contribution in [-0.2, 0) is 23.6 Å². The molecule has 2 heterocycles. The van der Waals surface area contributed by atoms with Gasteiger partial charge in [-0.3, -0.25) is 9.59 Å². The van der Waals surface area contributed by atoms with Gasteiger partial charge in [-0.25, -0.2) is 4.39 Å². The second-order valence-corrected chi connectivity index (χ2v) is 11.5. The van der Waals surface area contributed by atoms with E-state index in [0.29, 0.717) is 28.5 Å². The first-order valence-electron chi connectivity index (χ1n) is 13.1. The minimum atomic E-state index is -4.81. The van der Waals surface area contributed by atoms with Crippen molar-refractivity contribution in [2.45, 2.75) is 55.4 Å². The zero-order chi connectivity index (χ0) is 31.3. The van der Waals surface area contributed by atoms with Gasteiger partial charge in [0.2, 0.25) is 0 Å². The van der Waals surface area contributed by atoms with E-state index in [9.17, 15) is 40.3 Å². The number of amides is 1. The molecule has 2 aliphatic heterocycles. The quantitative estimate of drug-likeness (QED) is 0.266. The van der Waals surface area contributed by atoms with Gasteiger partial charge in [-0.2, -0.15) is 26.3 Å². The van der Waals surface area contributed by atoms with Crippen LogP contribution in [0.15, 0.2) is 54.6 Å². The fourth-order valence-corrected chi connectivity index (χ4v) is 7.11. The van der Waals surface area contributed by atoms with Gasteiger partial charge in [-0.1, -0.05) is 23.9 Å². The van der Waals surface area contributed by atoms with Crippen LogP contribution in [-0.4, -0.2) is 34.4 Å². The number of thioether (sulfide) groups is 1. The average molecular weight is 628 g/mol. The van der Waals surface area contributed by atoms with Crippen LogP contribution in [0.2, 0.25) is 0 Å². The largest absolute Gasteiger partial charge is 0.496 e. The number of carboxylic acid groups (broad SMARTS) is 1. The molecule has 5 nitrogen and oxygen atoms in total. The van der Waals surface area contributed by atoms with Gasteiger partial charge < -0.3 is 14.7 Å². The highest BCUT2D eigenvalue weighted by atomic mass is 32.2. The van der Waals surface area contributed by atoms with E-state index in [4.69, 9.17) is 9.84 Å². The molecular weight excluding hydrogens is 603 g/mol. The number of fused-ring (bicyclic) bond motifs is 1. The maximum Gasteiger partial charge on any atom is 0.416 e. The van der Waals surface area contributed by atoms with Crippen molar-refractivity contribution in [2.75, 3.05) is 7.11 Å². The van der Waals surface area contributed by atoms with Gasteiger partial charge in [0, 0.05) is 18.0 Å². The smallest absolute Gasteiger partial charge is 0.416 e. The first-order valence-corrected chi connectivity index (χ1v) is 14.0. The summed E-state index contributed by atoms with van der Waals surface area (Å²) in [7, 11) is 1.38. The lowest BCUT2D eigenvalue weighted by molar-refractivity contribution is -0.138. The zero-order valence-electron chi connectivity index (χ0n) is 22.4. The normalized spacial score (nSPS) is 20.4. The van der Waals surface area contributed by atoms with Gasteiger partial charge in [0.15, 0.2) is 0 Å². The third-order valence-electron chi connectivity index (χ3n) is 7.71. The van der Waals surface area contributed by atoms with Crippen molar-refractivity contribution in [3.8, 4) is 16.9 Å². The summed E-state index contributed by atoms with van der Waals surface area (Å²) in [6.07, 6.45) is -9.06. The molecule has 5 rings (SSSR count). The van der Waals surface area contributed by atoms with Crippen LogP contribution in [0.5, 0.6) is 5.75 Å². The number of aliphatic carboxylic acids is 1. The van der Waals surface area contributed by atoms with Crippen LogP contribution < -0.4 is 4.74 Å². The molecule has 1 N–H and O–H groups in total. The van der Waals surface area contributed by atoms with Gasteiger partial charge in [-0.15, -0.1) is 0 Å². The van der Waals surface area contributed by atoms with Crippen molar-refractivity contribution in [3.05, 3.63) is 88.2 Å². The van der Waals surface area contributed by atoms with Crippen LogP contribution in [0, 0.1) is 5.82 Å². The summed E-state index contributed by atoms with van der Waals surface area (Å²) in [6.45, 7) is 0. The first-order chi connectivity index (χ1) is 20.2. The number of methoxy groups -OCH3 is 1. The molecule has 0 radical (unpaired) electrons. The Morgan fingerprint density at radius 3 is 2.33 bits per heavy atom. The fourth-order valence-electron chi connectivity index (χ4n) is 5.81. The molecule has 2 aliphatic rings. The predicted molar refractivity (Wildman–Crippen MR) is 144 cm³/mol. The number of alkyl halides is 6. The second-order valence-electron chi connectivity index (χ2n) is 10.4. The summed E-state index contributed by atoms with van der Waals surface area (Å²) >= 11 is 0.718. The molecule has 3 aromatic rings. The molecule has 2 unspecified atom stereocenters. The van der Waals surface area contributed by atoms with Crippen LogP contribution in [0.1, 0.15) is 58.4 Å². The number of aryl methyl sites for hydroxylation is 1. The highest BCUT2D eigenvalue weighted by Crippen LogP contribution is 2.55. The van der Waals surface area contributed by atoms with E-state index < -0.39 is 57.8 Å². The molecule has 0 aromatic heterocycles. The number of carbonyl (C=O) groups excluding carboxylic acids is 1. The molecule has 43 heavy (non-hydrogen) atoms. The number of rotatable bonds is 7. The Hall–Kier alpha value is -3.74. The first kappa shape index (κ1) is 30.7. The highest BCUT2D eigenvalue weighted by molar-refractivity contribution is 8.14. The summed E-state index contributed by atoms with van der Waals surface area (Å²) in [5.41, 5.74) is -0.683. The fraction of sp³-hybridized carbons (Fsp3) is 0.333. The Balaban J connectivity index is 1.59. The molecule has 3 atom stereocenters. The zero-order valence-corrected chi connectivity index (χ0v) is 23.2. The number of hydrogen-bond donors (Lipinski definition) is 1. The molecule has 2 fully saturated rings. The molecular formula is C30H24F7NO4S. The van der Waals surface area contributed by atoms with Gasteiger partial charge in [0.25, 0.3) is 5.24 Å². The van der Waals surface area contributed by atoms with Gasteiger partial charge in [0.05, 0.1) is 29.5 Å². The summed E-state index contributed by atoms with van der Waals surface area (Å²) in [5, 5.41) is 7.69. The number of hydrogen-bond acceptors (Lipinski definition) is 4. The summed E-state index contributed by atoms with van der Waals surface area (Å²) in [4.78, 5) is 25.8. The van der Waals surface area contributed by atoms with Gasteiger partial charge >= 0.3 is 18.3 Å². The maximum absolute atomic E-state index is 14.2. The van der Waals surface area contributed by atoms with Crippen molar-refractivity contribution < 1.29 is 50.2 Å². The predicted octanol–water partition coefficient (Wildman–Crippen LogP) is 8.67. The van der Waals surface area contributed by atoms with Crippen molar-refractivity contribution in [1.29, 1.82) is 0 Å². The van der Waals surface area contributed by atoms with E-state index in [1.165, 1.54) is 18.1 Å². The number of benzene rings is 3. The van der Waals surface area contributed by atoms with Crippen LogP contribution in [0.4, 0.5) is 35.5 Å². The van der Waals surface area contributed by atoms with Crippen molar-refractivity contribution >= 4 is 23.0 Å². The Morgan fingerprint density at radius 1 is 0.953 bits per heavy atom. The molecule has 0 aliphatic carbocycles. The van der Waals surface area contributed by atoms with Crippen molar-refractivity contribution in [1.82, 2.24) is 4.90 Å². The number of ether oxygens (including phenoxy) is 1. The SMILES string of the molecule is COc1ccc(CCC(=O)O)cc1-c1ccc(C(F)(F)F)cc1[C@@H]1CCC2C(c3cc(F)cc(C(F)(F)F)c3)SC(=O)N21. The minimum absolute atomic E-state index is 0.0316. The summed E-state index contributed by atoms with van der Waals surface area (Å²) < 4.78 is 102. The highest BCUT2D eigenvalue weighted by Gasteiger charge is 2.50. The minimum Gasteiger partial charge on any atom is -0.496 e. The van der Waals surface area contributed by atoms with E-state index in [1.54, 1.807) is 18.2 Å². The molecule has 3 aromatic carbocycles. The lowest BCUT2D eigenvalue weighted by atomic mass is 9.90. The van der Waals surface area contributed by atoms with Crippen molar-refractivity contribution in [3.63, 3.8) is 0 Å². The lowest BCUT2D eigenvalue weighted by Crippen LogP contribution is -2.31. The standard InChI is InChI=1S/C30H24F7NO4S/c1-42-25-8-2-15(3-9-26(39)40)10-22(25)20-5-4-17(29(32,33)34)14-21(20)23-6-7-24-27(43-28(41)38(23)24)16-11-18(30(35,36)37)13-19(31)12-16/h2,4-5,8,10-14,23-24,27H,3,6-7,9H2,1H3,(H,39,40)/t23-,24?,27?/m0/s1. The topological polar surface area (TPSA) is 66.8 Å². The molecule has 2 saturated heterocycles. The van der Waals surface area contributed by atoms with E-state index >= 15 is 0 Å². The van der Waals surface area contributed by atoms with Crippen LogP contribution >= 0.6 is 11.8 Å². The molecule has 0 saturated carbocycles. The van der Waals surface area contributed by atoms with Gasteiger partial charge in [0.1, 0.15) is 11.6 Å². The number of nitrogens with zero attached hydrogens (tertiary/aromatic N) is 1. The van der Waals surface area contributed by atoms with E-state index in [2.05, 4.69) is 0 Å². The number of carboxylic acids is 1. The second kappa shape index (κ2) is 11.4. The van der Waals surface area contributed by atoms with Crippen molar-refractivity contribution in [2.24, 2.45) is 0 Å². The molecule has 1 amide bonds.